The molecule has 0 radical (unpaired) electrons. The van der Waals surface area contributed by atoms with Gasteiger partial charge in [0.05, 0.1) is 12.2 Å². The van der Waals surface area contributed by atoms with E-state index in [-0.39, 0.29) is 11.9 Å². The minimum absolute atomic E-state index is 0.114. The Kier molecular flexibility index (Phi) is 6.89. The molecular weight excluding hydrogens is 374 g/mol. The maximum Gasteiger partial charge on any atom is 0.224 e. The summed E-state index contributed by atoms with van der Waals surface area (Å²) in [6, 6.07) is 15.9. The van der Waals surface area contributed by atoms with Gasteiger partial charge in [0, 0.05) is 36.1 Å². The Morgan fingerprint density at radius 1 is 1.27 bits per heavy atom. The molecule has 154 valence electrons. The largest absolute Gasteiger partial charge is 0.399 e. The fourth-order valence-corrected chi connectivity index (χ4v) is 3.59. The third kappa shape index (κ3) is 5.07. The second kappa shape index (κ2) is 9.77. The van der Waals surface area contributed by atoms with Gasteiger partial charge in [0.25, 0.3) is 0 Å². The number of carbonyl (C=O) groups excluding carboxylic acids is 1. The number of fused-ring (bicyclic) bond motifs is 1. The van der Waals surface area contributed by atoms with E-state index in [4.69, 9.17) is 11.5 Å². The fourth-order valence-electron chi connectivity index (χ4n) is 3.59. The quantitative estimate of drug-likeness (QED) is 0.430. The van der Waals surface area contributed by atoms with E-state index in [1.165, 1.54) is 5.56 Å². The Morgan fingerprint density at radius 2 is 2.10 bits per heavy atom. The molecule has 1 aliphatic heterocycles. The second-order valence-corrected chi connectivity index (χ2v) is 7.22. The van der Waals surface area contributed by atoms with E-state index >= 15 is 0 Å². The highest BCUT2D eigenvalue weighted by Gasteiger charge is 2.26. The number of hydrogen-bond acceptors (Lipinski definition) is 4. The number of amides is 1. The number of rotatable bonds is 1. The van der Waals surface area contributed by atoms with Gasteiger partial charge < -0.3 is 16.4 Å². The first-order valence-electron chi connectivity index (χ1n) is 9.96. The van der Waals surface area contributed by atoms with Crippen molar-refractivity contribution < 1.29 is 4.79 Å². The van der Waals surface area contributed by atoms with Gasteiger partial charge >= 0.3 is 0 Å². The van der Waals surface area contributed by atoms with Crippen LogP contribution in [0.25, 0.3) is 11.3 Å². The summed E-state index contributed by atoms with van der Waals surface area (Å²) < 4.78 is 0. The van der Waals surface area contributed by atoms with E-state index in [0.717, 1.165) is 41.0 Å². The number of nitrogens with one attached hydrogen (secondary N) is 1. The summed E-state index contributed by atoms with van der Waals surface area (Å²) in [5.41, 5.74) is 16.8. The van der Waals surface area contributed by atoms with Crippen molar-refractivity contribution in [3.05, 3.63) is 65.9 Å². The van der Waals surface area contributed by atoms with Crippen LogP contribution in [-0.2, 0) is 11.2 Å². The minimum Gasteiger partial charge on any atom is -0.399 e. The molecule has 0 saturated heterocycles. The predicted molar refractivity (Wildman–Crippen MR) is 122 cm³/mol. The summed E-state index contributed by atoms with van der Waals surface area (Å²) in [6.07, 6.45) is 3.78. The molecule has 0 unspecified atom stereocenters. The molecule has 0 spiro atoms. The van der Waals surface area contributed by atoms with E-state index in [2.05, 4.69) is 35.0 Å². The number of aromatic amines is 1. The Hall–Kier alpha value is -3.56. The van der Waals surface area contributed by atoms with Gasteiger partial charge in [0.2, 0.25) is 5.91 Å². The highest BCUT2D eigenvalue weighted by molar-refractivity contribution is 5.93. The molecule has 0 fully saturated rings. The van der Waals surface area contributed by atoms with Crippen molar-refractivity contribution in [3.63, 3.8) is 0 Å². The van der Waals surface area contributed by atoms with Gasteiger partial charge in [0.1, 0.15) is 0 Å². The van der Waals surface area contributed by atoms with Gasteiger partial charge in [-0.2, -0.15) is 5.10 Å². The zero-order valence-corrected chi connectivity index (χ0v) is 17.4. The number of nitrogens with two attached hydrogens (primary N) is 2. The standard InChI is InChI=1S/C15H17N3O.C9H10N2/c1-10-3-4-13-9-12(14-7-8-16-17-14)5-6-15(13)18(10)11(2)19;10-6-2-4-8-3-1-5-9(11)7-8/h5-10H,3-4H2,1-2H3,(H,16,17);1,3,5,7H,6,10-11H2/t10-;/m0./s1. The highest BCUT2D eigenvalue weighted by atomic mass is 16.2. The molecule has 1 atom stereocenters. The predicted octanol–water partition coefficient (Wildman–Crippen LogP) is 3.34. The lowest BCUT2D eigenvalue weighted by atomic mass is 9.94. The van der Waals surface area contributed by atoms with Crippen molar-refractivity contribution in [1.29, 1.82) is 0 Å². The Balaban J connectivity index is 0.000000199. The summed E-state index contributed by atoms with van der Waals surface area (Å²) in [7, 11) is 0. The first-order chi connectivity index (χ1) is 14.5. The topological polar surface area (TPSA) is 101 Å². The molecule has 30 heavy (non-hydrogen) atoms. The van der Waals surface area contributed by atoms with Crippen molar-refractivity contribution in [2.24, 2.45) is 5.73 Å². The monoisotopic (exact) mass is 401 g/mol. The summed E-state index contributed by atoms with van der Waals surface area (Å²) in [4.78, 5) is 13.7. The molecule has 0 saturated carbocycles. The lowest BCUT2D eigenvalue weighted by molar-refractivity contribution is -0.117. The molecular formula is C24H27N5O. The molecule has 6 heteroatoms. The fraction of sp³-hybridized carbons (Fsp3) is 0.250. The van der Waals surface area contributed by atoms with E-state index < -0.39 is 0 Å². The molecule has 2 heterocycles. The molecule has 1 aromatic heterocycles. The molecule has 0 bridgehead atoms. The number of hydrogen-bond donors (Lipinski definition) is 3. The van der Waals surface area contributed by atoms with E-state index in [9.17, 15) is 4.79 Å². The van der Waals surface area contributed by atoms with Gasteiger partial charge in [-0.25, -0.2) is 0 Å². The molecule has 4 rings (SSSR count). The van der Waals surface area contributed by atoms with Crippen LogP contribution >= 0.6 is 0 Å². The molecule has 1 aliphatic rings. The SMILES string of the molecule is CC(=O)N1c2ccc(-c3ccn[nH]3)cc2CC[C@@H]1C.NCC#Cc1cccc(N)c1. The molecule has 3 aromatic rings. The van der Waals surface area contributed by atoms with Crippen LogP contribution in [0.4, 0.5) is 11.4 Å². The van der Waals surface area contributed by atoms with E-state index in [1.54, 1.807) is 13.1 Å². The van der Waals surface area contributed by atoms with Gasteiger partial charge in [-0.1, -0.05) is 24.0 Å². The van der Waals surface area contributed by atoms with Crippen molar-refractivity contribution in [2.45, 2.75) is 32.7 Å². The average molecular weight is 402 g/mol. The number of carbonyl (C=O) groups is 1. The smallest absolute Gasteiger partial charge is 0.224 e. The van der Waals surface area contributed by atoms with Crippen LogP contribution in [-0.4, -0.2) is 28.7 Å². The molecule has 6 nitrogen and oxygen atoms in total. The molecule has 5 N–H and O–H groups in total. The van der Waals surface area contributed by atoms with Crippen LogP contribution in [0.15, 0.2) is 54.7 Å². The maximum absolute atomic E-state index is 11.8. The van der Waals surface area contributed by atoms with Crippen molar-refractivity contribution in [1.82, 2.24) is 10.2 Å². The summed E-state index contributed by atoms with van der Waals surface area (Å²) in [6.45, 7) is 4.12. The van der Waals surface area contributed by atoms with Gasteiger partial charge in [-0.05, 0) is 67.3 Å². The Bertz CT molecular complexity index is 1060. The third-order valence-electron chi connectivity index (χ3n) is 4.98. The van der Waals surface area contributed by atoms with Crippen molar-refractivity contribution in [2.75, 3.05) is 17.2 Å². The zero-order valence-electron chi connectivity index (χ0n) is 17.4. The number of nitrogen functional groups attached to an aromatic ring is 1. The number of aromatic nitrogens is 2. The average Bonchev–Trinajstić information content (AvgIpc) is 3.27. The summed E-state index contributed by atoms with van der Waals surface area (Å²) in [5.74, 6) is 5.76. The van der Waals surface area contributed by atoms with Crippen LogP contribution in [0.2, 0.25) is 0 Å². The van der Waals surface area contributed by atoms with E-state index in [0.29, 0.717) is 6.54 Å². The van der Waals surface area contributed by atoms with Crippen LogP contribution < -0.4 is 16.4 Å². The minimum atomic E-state index is 0.114. The Labute approximate surface area is 177 Å². The van der Waals surface area contributed by atoms with Crippen LogP contribution in [0.5, 0.6) is 0 Å². The van der Waals surface area contributed by atoms with Crippen LogP contribution in [0.1, 0.15) is 31.4 Å². The lowest BCUT2D eigenvalue weighted by Crippen LogP contribution is -2.40. The van der Waals surface area contributed by atoms with Crippen LogP contribution in [0.3, 0.4) is 0 Å². The summed E-state index contributed by atoms with van der Waals surface area (Å²) in [5, 5.41) is 6.95. The van der Waals surface area contributed by atoms with Gasteiger partial charge in [-0.3, -0.25) is 9.89 Å². The molecule has 2 aromatic carbocycles. The molecule has 1 amide bonds. The first kappa shape index (κ1) is 21.2. The Morgan fingerprint density at radius 3 is 2.77 bits per heavy atom. The van der Waals surface area contributed by atoms with Gasteiger partial charge in [-0.15, -0.1) is 0 Å². The number of benzene rings is 2. The second-order valence-electron chi connectivity index (χ2n) is 7.22. The van der Waals surface area contributed by atoms with Crippen LogP contribution in [0, 0.1) is 11.8 Å². The van der Waals surface area contributed by atoms with Gasteiger partial charge in [0.15, 0.2) is 0 Å². The number of anilines is 2. The highest BCUT2D eigenvalue weighted by Crippen LogP contribution is 2.33. The third-order valence-corrected chi connectivity index (χ3v) is 4.98. The first-order valence-corrected chi connectivity index (χ1v) is 9.96. The molecule has 0 aliphatic carbocycles. The van der Waals surface area contributed by atoms with E-state index in [1.807, 2.05) is 47.4 Å². The zero-order chi connectivity index (χ0) is 21.5. The van der Waals surface area contributed by atoms with Crippen molar-refractivity contribution in [3.8, 4) is 23.1 Å². The summed E-state index contributed by atoms with van der Waals surface area (Å²) >= 11 is 0. The number of nitrogens with zero attached hydrogens (tertiary/aromatic N) is 2. The normalized spacial score (nSPS) is 14.6. The number of H-pyrrole nitrogens is 1. The maximum atomic E-state index is 11.8. The lowest BCUT2D eigenvalue weighted by Gasteiger charge is -2.34. The number of aryl methyl sites for hydroxylation is 1. The van der Waals surface area contributed by atoms with Crippen molar-refractivity contribution >= 4 is 17.3 Å².